The predicted octanol–water partition coefficient (Wildman–Crippen LogP) is 2.55. The van der Waals surface area contributed by atoms with Gasteiger partial charge in [0.05, 0.1) is 5.02 Å². The summed E-state index contributed by atoms with van der Waals surface area (Å²) in [6.07, 6.45) is 1.52. The van der Waals surface area contributed by atoms with Crippen LogP contribution in [0.1, 0.15) is 0 Å². The first-order valence-corrected chi connectivity index (χ1v) is 4.54. The molecule has 2 aromatic heterocycles. The smallest absolute Gasteiger partial charge is 0.277 e. The van der Waals surface area contributed by atoms with E-state index in [1.165, 1.54) is 6.20 Å². The van der Waals surface area contributed by atoms with Gasteiger partial charge in [0.25, 0.3) is 5.89 Å². The Balaban J connectivity index is 2.41. The fourth-order valence-corrected chi connectivity index (χ4v) is 1.16. The first-order chi connectivity index (χ1) is 6.25. The summed E-state index contributed by atoms with van der Waals surface area (Å²) in [6, 6.07) is 3.42. The molecule has 66 valence electrons. The van der Waals surface area contributed by atoms with Crippen LogP contribution in [0.25, 0.3) is 11.6 Å². The highest BCUT2D eigenvalue weighted by atomic mass is 79.9. The van der Waals surface area contributed by atoms with E-state index in [1.807, 2.05) is 0 Å². The quantitative estimate of drug-likeness (QED) is 0.790. The summed E-state index contributed by atoms with van der Waals surface area (Å²) in [5, 5.41) is 4.14. The van der Waals surface area contributed by atoms with E-state index in [0.717, 1.165) is 0 Å². The Hall–Kier alpha value is -0.940. The van der Waals surface area contributed by atoms with Crippen molar-refractivity contribution in [2.45, 2.75) is 0 Å². The van der Waals surface area contributed by atoms with Gasteiger partial charge in [-0.1, -0.05) is 11.6 Å². The van der Waals surface area contributed by atoms with Gasteiger partial charge >= 0.3 is 0 Å². The fourth-order valence-electron chi connectivity index (χ4n) is 0.812. The lowest BCUT2D eigenvalue weighted by Gasteiger charge is -1.91. The molecule has 2 aromatic rings. The van der Waals surface area contributed by atoms with E-state index in [9.17, 15) is 0 Å². The summed E-state index contributed by atoms with van der Waals surface area (Å²) in [5.74, 6) is 0.364. The van der Waals surface area contributed by atoms with Crippen molar-refractivity contribution in [3.63, 3.8) is 0 Å². The van der Waals surface area contributed by atoms with Crippen molar-refractivity contribution in [3.05, 3.63) is 28.1 Å². The van der Waals surface area contributed by atoms with Crippen LogP contribution in [0.5, 0.6) is 0 Å². The largest absolute Gasteiger partial charge is 0.331 e. The van der Waals surface area contributed by atoms with Crippen LogP contribution in [-0.4, -0.2) is 15.1 Å². The lowest BCUT2D eigenvalue weighted by molar-refractivity contribution is 0.425. The Morgan fingerprint density at radius 1 is 1.38 bits per heavy atom. The molecule has 0 unspecified atom stereocenters. The highest BCUT2D eigenvalue weighted by molar-refractivity contribution is 9.10. The zero-order valence-corrected chi connectivity index (χ0v) is 8.58. The lowest BCUT2D eigenvalue weighted by Crippen LogP contribution is -1.81. The van der Waals surface area contributed by atoms with Crippen LogP contribution in [-0.2, 0) is 0 Å². The SMILES string of the molecule is Clc1ccc(-c2nc(Br)no2)nc1. The van der Waals surface area contributed by atoms with Crippen LogP contribution in [0.2, 0.25) is 5.02 Å². The molecule has 0 spiro atoms. The van der Waals surface area contributed by atoms with Gasteiger partial charge in [-0.2, -0.15) is 4.98 Å². The minimum atomic E-state index is 0.364. The van der Waals surface area contributed by atoms with Crippen LogP contribution in [0.15, 0.2) is 27.6 Å². The molecule has 6 heteroatoms. The zero-order valence-electron chi connectivity index (χ0n) is 6.24. The van der Waals surface area contributed by atoms with E-state index in [-0.39, 0.29) is 0 Å². The van der Waals surface area contributed by atoms with Crippen molar-refractivity contribution in [2.24, 2.45) is 0 Å². The first kappa shape index (κ1) is 8.65. The minimum absolute atomic E-state index is 0.364. The molecule has 4 nitrogen and oxygen atoms in total. The van der Waals surface area contributed by atoms with Gasteiger partial charge in [0, 0.05) is 6.20 Å². The zero-order chi connectivity index (χ0) is 9.26. The number of halogens is 2. The summed E-state index contributed by atoms with van der Waals surface area (Å²) in [6.45, 7) is 0. The molecule has 0 radical (unpaired) electrons. The fraction of sp³-hybridized carbons (Fsp3) is 0. The van der Waals surface area contributed by atoms with Crippen molar-refractivity contribution in [2.75, 3.05) is 0 Å². The van der Waals surface area contributed by atoms with E-state index in [2.05, 4.69) is 31.1 Å². The van der Waals surface area contributed by atoms with E-state index in [0.29, 0.717) is 21.3 Å². The molecule has 13 heavy (non-hydrogen) atoms. The van der Waals surface area contributed by atoms with Crippen molar-refractivity contribution in [1.29, 1.82) is 0 Å². The summed E-state index contributed by atoms with van der Waals surface area (Å²) in [4.78, 5) is 7.96. The van der Waals surface area contributed by atoms with Crippen molar-refractivity contribution >= 4 is 27.5 Å². The molecule has 2 rings (SSSR count). The number of aromatic nitrogens is 3. The molecule has 0 atom stereocenters. The van der Waals surface area contributed by atoms with Gasteiger partial charge in [0.1, 0.15) is 5.69 Å². The van der Waals surface area contributed by atoms with Gasteiger partial charge in [0.2, 0.25) is 4.73 Å². The Labute approximate surface area is 87.1 Å². The summed E-state index contributed by atoms with van der Waals surface area (Å²) in [7, 11) is 0. The Morgan fingerprint density at radius 2 is 2.23 bits per heavy atom. The van der Waals surface area contributed by atoms with E-state index in [4.69, 9.17) is 16.1 Å². The highest BCUT2D eigenvalue weighted by Gasteiger charge is 2.07. The van der Waals surface area contributed by atoms with E-state index < -0.39 is 0 Å². The van der Waals surface area contributed by atoms with Crippen LogP contribution in [0, 0.1) is 0 Å². The molecule has 0 N–H and O–H groups in total. The average molecular weight is 260 g/mol. The number of nitrogens with zero attached hydrogens (tertiary/aromatic N) is 3. The maximum atomic E-state index is 5.67. The molecule has 0 bridgehead atoms. The standard InChI is InChI=1S/C7H3BrClN3O/c8-7-11-6(13-12-7)5-2-1-4(9)3-10-5/h1-3H. The Morgan fingerprint density at radius 3 is 2.77 bits per heavy atom. The molecule has 0 aliphatic heterocycles. The number of hydrogen-bond donors (Lipinski definition) is 0. The maximum absolute atomic E-state index is 5.67. The van der Waals surface area contributed by atoms with Crippen LogP contribution in [0.4, 0.5) is 0 Å². The highest BCUT2D eigenvalue weighted by Crippen LogP contribution is 2.17. The van der Waals surface area contributed by atoms with Gasteiger partial charge in [-0.25, -0.2) is 4.98 Å². The molecular formula is C7H3BrClN3O. The lowest BCUT2D eigenvalue weighted by atomic mass is 10.3. The second-order valence-corrected chi connectivity index (χ2v) is 3.38. The molecule has 0 aliphatic rings. The predicted molar refractivity (Wildman–Crippen MR) is 50.2 cm³/mol. The molecular weight excluding hydrogens is 257 g/mol. The van der Waals surface area contributed by atoms with E-state index >= 15 is 0 Å². The van der Waals surface area contributed by atoms with Gasteiger partial charge in [-0.05, 0) is 33.2 Å². The van der Waals surface area contributed by atoms with Crippen LogP contribution < -0.4 is 0 Å². The first-order valence-electron chi connectivity index (χ1n) is 3.37. The monoisotopic (exact) mass is 259 g/mol. The average Bonchev–Trinajstić information content (AvgIpc) is 2.53. The topological polar surface area (TPSA) is 51.8 Å². The molecule has 0 saturated heterocycles. The third kappa shape index (κ3) is 1.87. The molecule has 0 aromatic carbocycles. The number of rotatable bonds is 1. The Bertz CT molecular complexity index is 414. The van der Waals surface area contributed by atoms with Crippen LogP contribution in [0.3, 0.4) is 0 Å². The molecule has 0 fully saturated rings. The second kappa shape index (κ2) is 3.43. The third-order valence-corrected chi connectivity index (χ3v) is 1.89. The molecule has 2 heterocycles. The van der Waals surface area contributed by atoms with Crippen molar-refractivity contribution < 1.29 is 4.52 Å². The summed E-state index contributed by atoms with van der Waals surface area (Å²) >= 11 is 8.74. The third-order valence-electron chi connectivity index (χ3n) is 1.35. The van der Waals surface area contributed by atoms with Crippen molar-refractivity contribution in [1.82, 2.24) is 15.1 Å². The number of pyridine rings is 1. The molecule has 0 aliphatic carbocycles. The van der Waals surface area contributed by atoms with Crippen molar-refractivity contribution in [3.8, 4) is 11.6 Å². The van der Waals surface area contributed by atoms with Gasteiger partial charge < -0.3 is 4.52 Å². The molecule has 0 amide bonds. The Kier molecular flexibility index (Phi) is 2.28. The maximum Gasteiger partial charge on any atom is 0.277 e. The van der Waals surface area contributed by atoms with E-state index in [1.54, 1.807) is 12.1 Å². The molecule has 0 saturated carbocycles. The summed E-state index contributed by atoms with van der Waals surface area (Å²) in [5.41, 5.74) is 0.600. The normalized spacial score (nSPS) is 10.3. The summed E-state index contributed by atoms with van der Waals surface area (Å²) < 4.78 is 5.28. The van der Waals surface area contributed by atoms with Gasteiger partial charge in [0.15, 0.2) is 0 Å². The van der Waals surface area contributed by atoms with Gasteiger partial charge in [-0.15, -0.1) is 0 Å². The minimum Gasteiger partial charge on any atom is -0.331 e. The van der Waals surface area contributed by atoms with Crippen LogP contribution >= 0.6 is 27.5 Å². The second-order valence-electron chi connectivity index (χ2n) is 2.23. The number of hydrogen-bond acceptors (Lipinski definition) is 4. The van der Waals surface area contributed by atoms with Gasteiger partial charge in [-0.3, -0.25) is 0 Å².